The molecule has 0 spiro atoms. The van der Waals surface area contributed by atoms with E-state index in [0.29, 0.717) is 47.3 Å². The summed E-state index contributed by atoms with van der Waals surface area (Å²) in [6.07, 6.45) is 0. The number of carbonyl (C=O) groups is 2. The predicted molar refractivity (Wildman–Crippen MR) is 115 cm³/mol. The highest BCUT2D eigenvalue weighted by molar-refractivity contribution is 7.12. The molecule has 2 amide bonds. The van der Waals surface area contributed by atoms with E-state index in [0.717, 1.165) is 0 Å². The molecule has 2 heterocycles. The number of hydrogen-bond acceptors (Lipinski definition) is 5. The SMILES string of the molecule is CC(C)C(C#N)N1CCN(C(=O)c2ccc(Cl)c(NC(=O)c3cccs3)c2)CC1. The molecule has 29 heavy (non-hydrogen) atoms. The maximum absolute atomic E-state index is 12.9. The van der Waals surface area contributed by atoms with Crippen molar-refractivity contribution < 1.29 is 9.59 Å². The van der Waals surface area contributed by atoms with Crippen molar-refractivity contribution in [3.63, 3.8) is 0 Å². The molecule has 1 aliphatic rings. The van der Waals surface area contributed by atoms with Gasteiger partial charge in [0.1, 0.15) is 6.04 Å². The predicted octanol–water partition coefficient (Wildman–Crippen LogP) is 3.96. The van der Waals surface area contributed by atoms with Gasteiger partial charge in [0.25, 0.3) is 11.8 Å². The molecule has 0 radical (unpaired) electrons. The molecule has 0 aliphatic carbocycles. The molecule has 1 atom stereocenters. The van der Waals surface area contributed by atoms with E-state index in [1.165, 1.54) is 11.3 Å². The minimum Gasteiger partial charge on any atom is -0.336 e. The zero-order valence-electron chi connectivity index (χ0n) is 16.4. The Labute approximate surface area is 179 Å². The van der Waals surface area contributed by atoms with E-state index >= 15 is 0 Å². The Balaban J connectivity index is 1.67. The second kappa shape index (κ2) is 9.40. The van der Waals surface area contributed by atoms with Crippen molar-refractivity contribution in [2.75, 3.05) is 31.5 Å². The van der Waals surface area contributed by atoms with E-state index in [1.54, 1.807) is 35.2 Å². The van der Waals surface area contributed by atoms with Crippen molar-refractivity contribution in [1.29, 1.82) is 5.26 Å². The number of benzene rings is 1. The van der Waals surface area contributed by atoms with Gasteiger partial charge in [0.05, 0.1) is 21.7 Å². The van der Waals surface area contributed by atoms with E-state index in [-0.39, 0.29) is 23.8 Å². The smallest absolute Gasteiger partial charge is 0.265 e. The van der Waals surface area contributed by atoms with Crippen LogP contribution in [0.4, 0.5) is 5.69 Å². The van der Waals surface area contributed by atoms with Crippen molar-refractivity contribution >= 4 is 40.4 Å². The van der Waals surface area contributed by atoms with Gasteiger partial charge >= 0.3 is 0 Å². The normalized spacial score (nSPS) is 15.8. The van der Waals surface area contributed by atoms with Crippen LogP contribution in [0.5, 0.6) is 0 Å². The fourth-order valence-corrected chi connectivity index (χ4v) is 4.17. The number of amides is 2. The molecule has 1 aliphatic heterocycles. The first-order valence-corrected chi connectivity index (χ1v) is 10.7. The van der Waals surface area contributed by atoms with Gasteiger partial charge in [-0.25, -0.2) is 0 Å². The van der Waals surface area contributed by atoms with Crippen molar-refractivity contribution in [3.05, 3.63) is 51.2 Å². The molecule has 6 nitrogen and oxygen atoms in total. The first-order chi connectivity index (χ1) is 13.9. The Morgan fingerprint density at radius 2 is 1.93 bits per heavy atom. The van der Waals surface area contributed by atoms with Gasteiger partial charge in [-0.3, -0.25) is 14.5 Å². The molecule has 0 bridgehead atoms. The molecule has 1 fully saturated rings. The summed E-state index contributed by atoms with van der Waals surface area (Å²) in [7, 11) is 0. The van der Waals surface area contributed by atoms with Gasteiger partial charge in [0, 0.05) is 31.7 Å². The van der Waals surface area contributed by atoms with Crippen molar-refractivity contribution in [3.8, 4) is 6.07 Å². The third-order valence-corrected chi connectivity index (χ3v) is 6.16. The average Bonchev–Trinajstić information content (AvgIpc) is 3.25. The fraction of sp³-hybridized carbons (Fsp3) is 0.381. The lowest BCUT2D eigenvalue weighted by Crippen LogP contribution is -2.52. The summed E-state index contributed by atoms with van der Waals surface area (Å²) in [5.74, 6) is -0.115. The molecule has 1 aromatic heterocycles. The van der Waals surface area contributed by atoms with Gasteiger partial charge in [-0.05, 0) is 35.6 Å². The van der Waals surface area contributed by atoms with Gasteiger partial charge < -0.3 is 10.2 Å². The molecule has 152 valence electrons. The van der Waals surface area contributed by atoms with Gasteiger partial charge in [0.2, 0.25) is 0 Å². The number of piperazine rings is 1. The minimum absolute atomic E-state index is 0.106. The highest BCUT2D eigenvalue weighted by atomic mass is 35.5. The van der Waals surface area contributed by atoms with Crippen molar-refractivity contribution in [2.24, 2.45) is 5.92 Å². The fourth-order valence-electron chi connectivity index (χ4n) is 3.38. The molecule has 0 saturated carbocycles. The molecule has 3 rings (SSSR count). The van der Waals surface area contributed by atoms with Gasteiger partial charge in [-0.2, -0.15) is 5.26 Å². The van der Waals surface area contributed by atoms with Crippen LogP contribution in [-0.4, -0.2) is 53.8 Å². The van der Waals surface area contributed by atoms with Crippen LogP contribution >= 0.6 is 22.9 Å². The molecule has 2 aromatic rings. The summed E-state index contributed by atoms with van der Waals surface area (Å²) >= 11 is 7.56. The number of nitrogens with one attached hydrogen (secondary N) is 1. The summed E-state index contributed by atoms with van der Waals surface area (Å²) in [5.41, 5.74) is 0.893. The van der Waals surface area contributed by atoms with Gasteiger partial charge in [0.15, 0.2) is 0 Å². The number of hydrogen-bond donors (Lipinski definition) is 1. The van der Waals surface area contributed by atoms with Gasteiger partial charge in [-0.1, -0.05) is 31.5 Å². The lowest BCUT2D eigenvalue weighted by atomic mass is 10.0. The largest absolute Gasteiger partial charge is 0.336 e. The number of rotatable bonds is 5. The highest BCUT2D eigenvalue weighted by Crippen LogP contribution is 2.25. The molecular weight excluding hydrogens is 408 g/mol. The maximum atomic E-state index is 12.9. The Kier molecular flexibility index (Phi) is 6.91. The topological polar surface area (TPSA) is 76.4 Å². The maximum Gasteiger partial charge on any atom is 0.265 e. The average molecular weight is 431 g/mol. The van der Waals surface area contributed by atoms with Crippen LogP contribution in [0.2, 0.25) is 5.02 Å². The molecule has 8 heteroatoms. The third kappa shape index (κ3) is 4.96. The van der Waals surface area contributed by atoms with Crippen LogP contribution in [0.25, 0.3) is 0 Å². The quantitative estimate of drug-likeness (QED) is 0.778. The number of carbonyl (C=O) groups excluding carboxylic acids is 2. The molecule has 1 saturated heterocycles. The van der Waals surface area contributed by atoms with Crippen LogP contribution in [0, 0.1) is 17.2 Å². The van der Waals surface area contributed by atoms with E-state index in [2.05, 4.69) is 16.3 Å². The minimum atomic E-state index is -0.253. The first kappa shape index (κ1) is 21.3. The summed E-state index contributed by atoms with van der Waals surface area (Å²) < 4.78 is 0. The number of anilines is 1. The van der Waals surface area contributed by atoms with Crippen molar-refractivity contribution in [2.45, 2.75) is 19.9 Å². The Bertz CT molecular complexity index is 915. The van der Waals surface area contributed by atoms with E-state index in [4.69, 9.17) is 11.6 Å². The van der Waals surface area contributed by atoms with E-state index in [1.807, 2.05) is 19.2 Å². The summed E-state index contributed by atoms with van der Waals surface area (Å²) in [5, 5.41) is 14.4. The zero-order valence-corrected chi connectivity index (χ0v) is 18.0. The number of thiophene rings is 1. The van der Waals surface area contributed by atoms with E-state index in [9.17, 15) is 14.9 Å². The second-order valence-corrected chi connectivity index (χ2v) is 8.63. The number of halogens is 1. The van der Waals surface area contributed by atoms with Crippen LogP contribution < -0.4 is 5.32 Å². The molecule has 1 unspecified atom stereocenters. The Hall–Kier alpha value is -2.40. The lowest BCUT2D eigenvalue weighted by Gasteiger charge is -2.38. The van der Waals surface area contributed by atoms with Crippen LogP contribution in [0.15, 0.2) is 35.7 Å². The molecule has 1 aromatic carbocycles. The molecular formula is C21H23ClN4O2S. The van der Waals surface area contributed by atoms with Crippen LogP contribution in [0.3, 0.4) is 0 Å². The van der Waals surface area contributed by atoms with Crippen LogP contribution in [0.1, 0.15) is 33.9 Å². The molecule has 1 N–H and O–H groups in total. The standard InChI is InChI=1S/C21H23ClN4O2S/c1-14(2)18(13-23)25-7-9-26(10-8-25)21(28)15-5-6-16(22)17(12-15)24-20(27)19-4-3-11-29-19/h3-6,11-12,14,18H,7-10H2,1-2H3,(H,24,27). The van der Waals surface area contributed by atoms with E-state index < -0.39 is 0 Å². The van der Waals surface area contributed by atoms with Crippen LogP contribution in [-0.2, 0) is 0 Å². The number of nitrogens with zero attached hydrogens (tertiary/aromatic N) is 3. The summed E-state index contributed by atoms with van der Waals surface area (Å²) in [6.45, 7) is 6.51. The monoisotopic (exact) mass is 430 g/mol. The Morgan fingerprint density at radius 3 is 2.52 bits per heavy atom. The highest BCUT2D eigenvalue weighted by Gasteiger charge is 2.28. The number of nitriles is 1. The summed E-state index contributed by atoms with van der Waals surface area (Å²) in [6, 6.07) is 10.7. The first-order valence-electron chi connectivity index (χ1n) is 9.48. The Morgan fingerprint density at radius 1 is 1.21 bits per heavy atom. The lowest BCUT2D eigenvalue weighted by molar-refractivity contribution is 0.0576. The van der Waals surface area contributed by atoms with Crippen molar-refractivity contribution in [1.82, 2.24) is 9.80 Å². The van der Waals surface area contributed by atoms with Gasteiger partial charge in [-0.15, -0.1) is 11.3 Å². The zero-order chi connectivity index (χ0) is 21.0. The third-order valence-electron chi connectivity index (χ3n) is 4.97. The summed E-state index contributed by atoms with van der Waals surface area (Å²) in [4.78, 5) is 29.7. The second-order valence-electron chi connectivity index (χ2n) is 7.27.